The number of allylic oxidation sites excluding steroid dienone is 3. The van der Waals surface area contributed by atoms with E-state index in [9.17, 15) is 18.8 Å². The van der Waals surface area contributed by atoms with Crippen LogP contribution in [0.15, 0.2) is 56.2 Å². The van der Waals surface area contributed by atoms with E-state index in [-0.39, 0.29) is 9.40 Å². The van der Waals surface area contributed by atoms with E-state index >= 15 is 0 Å². The number of halogens is 4. The molecule has 0 saturated carbocycles. The molecule has 186 valence electrons. The van der Waals surface area contributed by atoms with Crippen LogP contribution in [0.25, 0.3) is 10.9 Å². The Bertz CT molecular complexity index is 1320. The van der Waals surface area contributed by atoms with Gasteiger partial charge < -0.3 is 25.6 Å². The van der Waals surface area contributed by atoms with Crippen molar-refractivity contribution < 1.29 is 8.78 Å². The van der Waals surface area contributed by atoms with Crippen LogP contribution in [0, 0.1) is 12.1 Å². The molecule has 9 nitrogen and oxygen atoms in total. The summed E-state index contributed by atoms with van der Waals surface area (Å²) in [5, 5.41) is 26.9. The molecule has 0 saturated heterocycles. The highest BCUT2D eigenvalue weighted by atomic mass is 127. The highest BCUT2D eigenvalue weighted by Gasteiger charge is 2.32. The number of aryl methyl sites for hydroxylation is 1. The smallest absolute Gasteiger partial charge is 0.295 e. The Morgan fingerprint density at radius 3 is 2.97 bits per heavy atom. The molecule has 35 heavy (non-hydrogen) atoms. The molecule has 0 aliphatic heterocycles. The molecule has 0 spiro atoms. The highest BCUT2D eigenvalue weighted by molar-refractivity contribution is 14.1. The van der Waals surface area contributed by atoms with Crippen molar-refractivity contribution >= 4 is 57.1 Å². The summed E-state index contributed by atoms with van der Waals surface area (Å²) in [6.45, 7) is 2.15. The lowest BCUT2D eigenvalue weighted by molar-refractivity contribution is 0.0679. The number of alkyl halides is 2. The fourth-order valence-electron chi connectivity index (χ4n) is 3.17. The van der Waals surface area contributed by atoms with Crippen LogP contribution < -0.4 is 16.2 Å². The molecule has 13 heteroatoms. The molecule has 0 bridgehead atoms. The van der Waals surface area contributed by atoms with Crippen molar-refractivity contribution in [3.8, 4) is 0 Å². The molecule has 1 aromatic carbocycles. The average Bonchev–Trinajstić information content (AvgIpc) is 3.22. The minimum atomic E-state index is -3.25. The Kier molecular flexibility index (Phi) is 9.34. The van der Waals surface area contributed by atoms with Crippen LogP contribution in [0.3, 0.4) is 0 Å². The molecule has 2 aromatic heterocycles. The summed E-state index contributed by atoms with van der Waals surface area (Å²) in [6, 6.07) is 5.42. The van der Waals surface area contributed by atoms with E-state index < -0.39 is 18.0 Å². The quantitative estimate of drug-likeness (QED) is 0.0968. The van der Waals surface area contributed by atoms with Gasteiger partial charge in [-0.2, -0.15) is 13.9 Å². The van der Waals surface area contributed by atoms with Crippen molar-refractivity contribution in [1.29, 1.82) is 0 Å². The van der Waals surface area contributed by atoms with Gasteiger partial charge in [-0.1, -0.05) is 17.7 Å². The lowest BCUT2D eigenvalue weighted by atomic mass is 10.2. The lowest BCUT2D eigenvalue weighted by Gasteiger charge is -2.18. The van der Waals surface area contributed by atoms with Gasteiger partial charge in [0.05, 0.1) is 21.3 Å². The van der Waals surface area contributed by atoms with Crippen LogP contribution in [0.2, 0.25) is 5.02 Å². The topological polar surface area (TPSA) is 123 Å². The van der Waals surface area contributed by atoms with E-state index in [1.807, 2.05) is 12.1 Å². The molecule has 3 rings (SSSR count). The van der Waals surface area contributed by atoms with E-state index in [2.05, 4.69) is 31.0 Å². The van der Waals surface area contributed by atoms with Gasteiger partial charge in [-0.3, -0.25) is 9.89 Å². The number of aromatic nitrogens is 4. The number of nitrogens with one attached hydrogen (secondary N) is 3. The summed E-state index contributed by atoms with van der Waals surface area (Å²) >= 11 is 7.57. The van der Waals surface area contributed by atoms with Crippen LogP contribution in [0.1, 0.15) is 11.4 Å². The summed E-state index contributed by atoms with van der Waals surface area (Å²) in [5.41, 5.74) is 1.78. The largest absolute Gasteiger partial charge is 0.792 e. The van der Waals surface area contributed by atoms with Gasteiger partial charge in [0.1, 0.15) is 0 Å². The number of hydrogen-bond donors (Lipinski definition) is 3. The van der Waals surface area contributed by atoms with Gasteiger partial charge in [0, 0.05) is 48.1 Å². The molecular weight excluding hydrogens is 595 g/mol. The number of anilines is 1. The molecular formula is C22H22ClF2IN7O2-. The second-order valence-corrected chi connectivity index (χ2v) is 9.06. The van der Waals surface area contributed by atoms with Gasteiger partial charge in [0.25, 0.3) is 11.5 Å². The van der Waals surface area contributed by atoms with E-state index in [1.54, 1.807) is 13.0 Å². The second kappa shape index (κ2) is 12.2. The van der Waals surface area contributed by atoms with Crippen molar-refractivity contribution in [2.75, 3.05) is 18.4 Å². The highest BCUT2D eigenvalue weighted by Crippen LogP contribution is 2.29. The fraction of sp³-hybridized carbons (Fsp3) is 0.273. The number of fused-ring (bicyclic) bond motifs is 1. The molecule has 0 atom stereocenters. The zero-order valence-corrected chi connectivity index (χ0v) is 21.5. The van der Waals surface area contributed by atoms with E-state index in [1.165, 1.54) is 45.5 Å². The fourth-order valence-corrected chi connectivity index (χ4v) is 3.74. The van der Waals surface area contributed by atoms with Crippen LogP contribution in [-0.2, 0) is 13.1 Å². The Morgan fingerprint density at radius 2 is 2.20 bits per heavy atom. The zero-order valence-electron chi connectivity index (χ0n) is 18.6. The SMILES string of the molecule is Cc1cnc(NCC(F)(F)/C(I)=C/C=C\C=N\[O-])c(=O)n1CCNCc1[nH]nc2ccc(Cl)cc12. The first-order valence-corrected chi connectivity index (χ1v) is 11.9. The minimum Gasteiger partial charge on any atom is -0.792 e. The molecule has 0 aliphatic rings. The molecule has 0 fully saturated rings. The van der Waals surface area contributed by atoms with Gasteiger partial charge in [0.15, 0.2) is 5.82 Å². The summed E-state index contributed by atoms with van der Waals surface area (Å²) in [7, 11) is 0. The third-order valence-corrected chi connectivity index (χ3v) is 6.37. The Hall–Kier alpha value is -2.84. The van der Waals surface area contributed by atoms with Gasteiger partial charge in [-0.05, 0) is 59.9 Å². The summed E-state index contributed by atoms with van der Waals surface area (Å²) in [6.07, 6.45) is 6.08. The van der Waals surface area contributed by atoms with Gasteiger partial charge >= 0.3 is 0 Å². The van der Waals surface area contributed by atoms with E-state index in [4.69, 9.17) is 11.6 Å². The molecule has 0 aliphatic carbocycles. The van der Waals surface area contributed by atoms with Crippen molar-refractivity contribution in [1.82, 2.24) is 25.1 Å². The van der Waals surface area contributed by atoms with E-state index in [0.29, 0.717) is 30.4 Å². The standard InChI is InChI=1S/C22H23ClF2IN7O2/c1-14-11-28-20(29-13-22(24,25)19(26)4-2-3-7-30-35)21(34)33(14)9-8-27-12-18-16-10-15(23)5-6-17(16)31-32-18/h2-7,10-11,27,35H,8-9,12-13H2,1H3,(H,28,29)(H,31,32)/p-1/b3-2-,19-4-,30-7+. The first kappa shape index (κ1) is 26.8. The minimum absolute atomic E-state index is 0.164. The monoisotopic (exact) mass is 616 g/mol. The van der Waals surface area contributed by atoms with Crippen molar-refractivity contribution in [2.45, 2.75) is 25.9 Å². The lowest BCUT2D eigenvalue weighted by Crippen LogP contribution is -2.34. The third kappa shape index (κ3) is 7.08. The van der Waals surface area contributed by atoms with Gasteiger partial charge in [-0.25, -0.2) is 4.98 Å². The normalized spacial score (nSPS) is 12.9. The number of aromatic amines is 1. The maximum atomic E-state index is 14.4. The summed E-state index contributed by atoms with van der Waals surface area (Å²) in [4.78, 5) is 16.8. The van der Waals surface area contributed by atoms with Crippen LogP contribution in [-0.4, -0.2) is 45.0 Å². The van der Waals surface area contributed by atoms with Crippen molar-refractivity contribution in [2.24, 2.45) is 5.16 Å². The third-order valence-electron chi connectivity index (χ3n) is 4.99. The van der Waals surface area contributed by atoms with Gasteiger partial charge in [-0.15, -0.1) is 0 Å². The number of rotatable bonds is 11. The molecule has 3 aromatic rings. The first-order chi connectivity index (χ1) is 16.7. The molecule has 0 radical (unpaired) electrons. The Labute approximate surface area is 218 Å². The molecule has 0 amide bonds. The predicted octanol–water partition coefficient (Wildman–Crippen LogP) is 4.36. The van der Waals surface area contributed by atoms with Crippen LogP contribution in [0.5, 0.6) is 0 Å². The predicted molar refractivity (Wildman–Crippen MR) is 143 cm³/mol. The van der Waals surface area contributed by atoms with Crippen LogP contribution >= 0.6 is 34.2 Å². The van der Waals surface area contributed by atoms with E-state index in [0.717, 1.165) is 28.9 Å². The average molecular weight is 617 g/mol. The Balaban J connectivity index is 1.61. The molecule has 0 unspecified atom stereocenters. The van der Waals surface area contributed by atoms with Gasteiger partial charge in [0.2, 0.25) is 0 Å². The number of hydrogen-bond acceptors (Lipinski definition) is 7. The zero-order chi connectivity index (χ0) is 25.4. The molecule has 2 heterocycles. The molecule has 3 N–H and O–H groups in total. The first-order valence-electron chi connectivity index (χ1n) is 10.4. The van der Waals surface area contributed by atoms with Crippen molar-refractivity contribution in [3.05, 3.63) is 78.2 Å². The maximum Gasteiger partial charge on any atom is 0.295 e. The summed E-state index contributed by atoms with van der Waals surface area (Å²) < 4.78 is 30.0. The number of H-pyrrole nitrogens is 1. The summed E-state index contributed by atoms with van der Waals surface area (Å²) in [5.74, 6) is -3.41. The number of nitrogens with zero attached hydrogens (tertiary/aromatic N) is 4. The number of benzene rings is 1. The van der Waals surface area contributed by atoms with Crippen molar-refractivity contribution in [3.63, 3.8) is 0 Å². The van der Waals surface area contributed by atoms with Crippen LogP contribution in [0.4, 0.5) is 14.6 Å². The second-order valence-electron chi connectivity index (χ2n) is 7.46. The maximum absolute atomic E-state index is 14.4. The Morgan fingerprint density at radius 1 is 1.40 bits per heavy atom.